The SMILES string of the molecule is CCOCCOCCOCC[CH]CCC12CC3CC(CC(C3)C1)C2. The molecule has 4 aliphatic rings. The van der Waals surface area contributed by atoms with Crippen molar-refractivity contribution in [3.63, 3.8) is 0 Å². The van der Waals surface area contributed by atoms with E-state index in [1.54, 1.807) is 38.5 Å². The number of rotatable bonds is 13. The average molecular weight is 338 g/mol. The van der Waals surface area contributed by atoms with Gasteiger partial charge in [0.15, 0.2) is 0 Å². The molecule has 4 bridgehead atoms. The standard InChI is InChI=1S/C21H37O3/c1-2-22-8-9-24-11-10-23-7-5-3-4-6-21-15-18-12-19(16-21)14-20(13-18)17-21/h3,18-20H,2,4-17H2,1H3. The number of unbranched alkanes of at least 4 members (excludes halogenated alkanes) is 2. The zero-order chi connectivity index (χ0) is 16.7. The third-order valence-corrected chi connectivity index (χ3v) is 6.46. The first-order valence-electron chi connectivity index (χ1n) is 10.3. The molecule has 0 amide bonds. The maximum absolute atomic E-state index is 5.64. The molecular formula is C21H37O3. The van der Waals surface area contributed by atoms with E-state index in [1.807, 2.05) is 6.92 Å². The van der Waals surface area contributed by atoms with Gasteiger partial charge in [-0.25, -0.2) is 0 Å². The van der Waals surface area contributed by atoms with Crippen molar-refractivity contribution in [3.05, 3.63) is 6.42 Å². The van der Waals surface area contributed by atoms with E-state index in [1.165, 1.54) is 12.8 Å². The Morgan fingerprint density at radius 3 is 1.88 bits per heavy atom. The molecule has 0 saturated heterocycles. The van der Waals surface area contributed by atoms with Gasteiger partial charge < -0.3 is 14.2 Å². The Labute approximate surface area is 148 Å². The molecule has 139 valence electrons. The lowest BCUT2D eigenvalue weighted by molar-refractivity contribution is -0.0572. The minimum atomic E-state index is 0.675. The van der Waals surface area contributed by atoms with Gasteiger partial charge >= 0.3 is 0 Å². The van der Waals surface area contributed by atoms with E-state index < -0.39 is 0 Å². The van der Waals surface area contributed by atoms with E-state index in [0.717, 1.165) is 42.8 Å². The van der Waals surface area contributed by atoms with Crippen LogP contribution in [0.25, 0.3) is 0 Å². The fraction of sp³-hybridized carbons (Fsp3) is 0.952. The van der Waals surface area contributed by atoms with Crippen LogP contribution in [-0.2, 0) is 14.2 Å². The van der Waals surface area contributed by atoms with E-state index in [9.17, 15) is 0 Å². The Morgan fingerprint density at radius 2 is 1.29 bits per heavy atom. The van der Waals surface area contributed by atoms with Crippen LogP contribution >= 0.6 is 0 Å². The van der Waals surface area contributed by atoms with E-state index in [0.29, 0.717) is 26.4 Å². The zero-order valence-corrected chi connectivity index (χ0v) is 15.6. The van der Waals surface area contributed by atoms with E-state index >= 15 is 0 Å². The number of ether oxygens (including phenoxy) is 3. The summed E-state index contributed by atoms with van der Waals surface area (Å²) in [4.78, 5) is 0. The zero-order valence-electron chi connectivity index (χ0n) is 15.6. The van der Waals surface area contributed by atoms with Gasteiger partial charge in [-0.3, -0.25) is 0 Å². The molecule has 4 rings (SSSR count). The Morgan fingerprint density at radius 1 is 0.750 bits per heavy atom. The minimum Gasteiger partial charge on any atom is -0.379 e. The van der Waals surface area contributed by atoms with E-state index in [4.69, 9.17) is 14.2 Å². The highest BCUT2D eigenvalue weighted by Crippen LogP contribution is 2.61. The van der Waals surface area contributed by atoms with E-state index in [2.05, 4.69) is 6.42 Å². The summed E-state index contributed by atoms with van der Waals surface area (Å²) in [6.07, 6.45) is 15.6. The number of hydrogen-bond acceptors (Lipinski definition) is 3. The molecule has 4 saturated carbocycles. The lowest BCUT2D eigenvalue weighted by Gasteiger charge is -2.57. The summed E-state index contributed by atoms with van der Waals surface area (Å²) in [5.41, 5.74) is 0.737. The topological polar surface area (TPSA) is 27.7 Å². The maximum atomic E-state index is 5.64. The quantitative estimate of drug-likeness (QED) is 0.458. The summed E-state index contributed by atoms with van der Waals surface area (Å²) in [7, 11) is 0. The predicted molar refractivity (Wildman–Crippen MR) is 96.9 cm³/mol. The van der Waals surface area contributed by atoms with Crippen LogP contribution in [0.4, 0.5) is 0 Å². The third kappa shape index (κ3) is 5.44. The first-order chi connectivity index (χ1) is 11.8. The second kappa shape index (κ2) is 9.54. The fourth-order valence-corrected chi connectivity index (χ4v) is 5.90. The molecule has 0 N–H and O–H groups in total. The van der Waals surface area contributed by atoms with Crippen LogP contribution in [0.2, 0.25) is 0 Å². The highest BCUT2D eigenvalue weighted by atomic mass is 16.5. The lowest BCUT2D eigenvalue weighted by atomic mass is 9.48. The molecule has 0 aliphatic heterocycles. The van der Waals surface area contributed by atoms with Gasteiger partial charge in [-0.15, -0.1) is 0 Å². The van der Waals surface area contributed by atoms with Crippen molar-refractivity contribution in [1.82, 2.24) is 0 Å². The van der Waals surface area contributed by atoms with Gasteiger partial charge in [0.1, 0.15) is 0 Å². The highest BCUT2D eigenvalue weighted by Gasteiger charge is 2.50. The van der Waals surface area contributed by atoms with Crippen LogP contribution < -0.4 is 0 Å². The molecule has 1 radical (unpaired) electrons. The molecule has 24 heavy (non-hydrogen) atoms. The van der Waals surface area contributed by atoms with Crippen LogP contribution in [0.3, 0.4) is 0 Å². The Hall–Kier alpha value is -0.120. The van der Waals surface area contributed by atoms with Crippen molar-refractivity contribution in [1.29, 1.82) is 0 Å². The normalized spacial score (nSPS) is 34.1. The third-order valence-electron chi connectivity index (χ3n) is 6.46. The summed E-state index contributed by atoms with van der Waals surface area (Å²) in [5, 5.41) is 0. The molecule has 0 atom stereocenters. The van der Waals surface area contributed by atoms with Gasteiger partial charge in [0, 0.05) is 13.2 Å². The second-order valence-electron chi connectivity index (χ2n) is 8.46. The molecule has 0 aromatic carbocycles. The minimum absolute atomic E-state index is 0.675. The summed E-state index contributed by atoms with van der Waals surface area (Å²) >= 11 is 0. The van der Waals surface area contributed by atoms with Crippen molar-refractivity contribution in [2.75, 3.05) is 39.6 Å². The van der Waals surface area contributed by atoms with Crippen molar-refractivity contribution in [3.8, 4) is 0 Å². The summed E-state index contributed by atoms with van der Waals surface area (Å²) in [6, 6.07) is 0. The molecule has 0 heterocycles. The summed E-state index contributed by atoms with van der Waals surface area (Å²) < 4.78 is 16.3. The van der Waals surface area contributed by atoms with Crippen molar-refractivity contribution in [2.24, 2.45) is 23.2 Å². The molecule has 4 fully saturated rings. The second-order valence-corrected chi connectivity index (χ2v) is 8.46. The fourth-order valence-electron chi connectivity index (χ4n) is 5.90. The first-order valence-corrected chi connectivity index (χ1v) is 10.3. The average Bonchev–Trinajstić information content (AvgIpc) is 2.54. The van der Waals surface area contributed by atoms with Gasteiger partial charge in [-0.2, -0.15) is 0 Å². The van der Waals surface area contributed by atoms with Gasteiger partial charge in [-0.05, 0) is 94.3 Å². The van der Waals surface area contributed by atoms with Gasteiger partial charge in [-0.1, -0.05) is 0 Å². The lowest BCUT2D eigenvalue weighted by Crippen LogP contribution is -2.45. The molecule has 0 aromatic rings. The predicted octanol–water partition coefficient (Wildman–Crippen LogP) is 4.65. The molecule has 0 spiro atoms. The van der Waals surface area contributed by atoms with Gasteiger partial charge in [0.2, 0.25) is 0 Å². The van der Waals surface area contributed by atoms with Gasteiger partial charge in [0.05, 0.1) is 26.4 Å². The molecule has 0 unspecified atom stereocenters. The van der Waals surface area contributed by atoms with Crippen LogP contribution in [0.1, 0.15) is 64.7 Å². The highest BCUT2D eigenvalue weighted by molar-refractivity contribution is 5.01. The Balaban J connectivity index is 1.16. The van der Waals surface area contributed by atoms with Crippen LogP contribution in [-0.4, -0.2) is 39.6 Å². The Kier molecular flexibility index (Phi) is 7.42. The summed E-state index contributed by atoms with van der Waals surface area (Å²) in [5.74, 6) is 3.26. The van der Waals surface area contributed by atoms with Crippen LogP contribution in [0.5, 0.6) is 0 Å². The monoisotopic (exact) mass is 337 g/mol. The van der Waals surface area contributed by atoms with E-state index in [-0.39, 0.29) is 0 Å². The maximum Gasteiger partial charge on any atom is 0.0701 e. The number of hydrogen-bond donors (Lipinski definition) is 0. The van der Waals surface area contributed by atoms with Crippen LogP contribution in [0.15, 0.2) is 0 Å². The van der Waals surface area contributed by atoms with Crippen molar-refractivity contribution in [2.45, 2.75) is 64.7 Å². The Bertz CT molecular complexity index is 320. The first kappa shape index (κ1) is 18.7. The molecule has 4 aliphatic carbocycles. The van der Waals surface area contributed by atoms with Crippen molar-refractivity contribution >= 4 is 0 Å². The molecular weight excluding hydrogens is 300 g/mol. The summed E-state index contributed by atoms with van der Waals surface area (Å²) in [6.45, 7) is 6.36. The van der Waals surface area contributed by atoms with Crippen molar-refractivity contribution < 1.29 is 14.2 Å². The molecule has 3 nitrogen and oxygen atoms in total. The van der Waals surface area contributed by atoms with Crippen LogP contribution in [0, 0.1) is 29.6 Å². The molecule has 0 aromatic heterocycles. The smallest absolute Gasteiger partial charge is 0.0701 e. The largest absolute Gasteiger partial charge is 0.379 e. The van der Waals surface area contributed by atoms with Gasteiger partial charge in [0.25, 0.3) is 0 Å². The molecule has 3 heteroatoms.